The average Bonchev–Trinajstić information content (AvgIpc) is 3.04. The Balaban J connectivity index is 1.56. The fourth-order valence-corrected chi connectivity index (χ4v) is 2.72. The number of hydrogen-bond acceptors (Lipinski definition) is 4. The minimum absolute atomic E-state index is 0.157. The normalized spacial score (nSPS) is 16.4. The van der Waals surface area contributed by atoms with Gasteiger partial charge in [-0.2, -0.15) is 0 Å². The zero-order valence-corrected chi connectivity index (χ0v) is 13.8. The molecule has 0 fully saturated rings. The lowest BCUT2D eigenvalue weighted by molar-refractivity contribution is -0.139. The van der Waals surface area contributed by atoms with Gasteiger partial charge >= 0.3 is 5.97 Å². The molecular formula is C19H19NO5. The Morgan fingerprint density at radius 3 is 2.64 bits per heavy atom. The standard InChI is InChI=1S/C19H19NO5/c1-12(13-6-8-15(9-7-13)24-11-18(21)22)20-19(23)17-10-14-4-2-3-5-16(14)25-17/h2-9,12,17H,10-11H2,1H3,(H,20,23)(H,21,22)/t12-,17-/m1/s1. The monoisotopic (exact) mass is 341 g/mol. The average molecular weight is 341 g/mol. The van der Waals surface area contributed by atoms with Crippen LogP contribution in [0.5, 0.6) is 11.5 Å². The molecule has 0 spiro atoms. The van der Waals surface area contributed by atoms with E-state index in [1.165, 1.54) is 0 Å². The summed E-state index contributed by atoms with van der Waals surface area (Å²) in [7, 11) is 0. The van der Waals surface area contributed by atoms with Gasteiger partial charge in [-0.05, 0) is 36.2 Å². The SMILES string of the molecule is C[C@@H](NC(=O)[C@H]1Cc2ccccc2O1)c1ccc(OCC(=O)O)cc1. The molecule has 0 saturated carbocycles. The predicted octanol–water partition coefficient (Wildman–Crippen LogP) is 2.33. The molecule has 2 aromatic rings. The highest BCUT2D eigenvalue weighted by Crippen LogP contribution is 2.28. The van der Waals surface area contributed by atoms with Crippen LogP contribution in [-0.4, -0.2) is 29.7 Å². The Kier molecular flexibility index (Phi) is 4.88. The lowest BCUT2D eigenvalue weighted by Crippen LogP contribution is -2.38. The molecule has 0 aromatic heterocycles. The second kappa shape index (κ2) is 7.25. The number of carboxylic acid groups (broad SMARTS) is 1. The largest absolute Gasteiger partial charge is 0.482 e. The van der Waals surface area contributed by atoms with Crippen molar-refractivity contribution in [2.24, 2.45) is 0 Å². The van der Waals surface area contributed by atoms with Gasteiger partial charge in [0.05, 0.1) is 6.04 Å². The van der Waals surface area contributed by atoms with E-state index in [9.17, 15) is 9.59 Å². The Labute approximate surface area is 145 Å². The molecule has 25 heavy (non-hydrogen) atoms. The van der Waals surface area contributed by atoms with Crippen LogP contribution < -0.4 is 14.8 Å². The van der Waals surface area contributed by atoms with E-state index in [1.807, 2.05) is 31.2 Å². The Morgan fingerprint density at radius 1 is 1.24 bits per heavy atom. The van der Waals surface area contributed by atoms with Crippen LogP contribution in [0.3, 0.4) is 0 Å². The maximum atomic E-state index is 12.4. The van der Waals surface area contributed by atoms with Crippen LogP contribution in [0.1, 0.15) is 24.1 Å². The minimum Gasteiger partial charge on any atom is -0.482 e. The minimum atomic E-state index is -1.03. The molecule has 2 aromatic carbocycles. The zero-order chi connectivity index (χ0) is 17.8. The van der Waals surface area contributed by atoms with E-state index in [4.69, 9.17) is 14.6 Å². The van der Waals surface area contributed by atoms with Gasteiger partial charge in [0.15, 0.2) is 12.7 Å². The summed E-state index contributed by atoms with van der Waals surface area (Å²) < 4.78 is 10.8. The number of para-hydroxylation sites is 1. The highest BCUT2D eigenvalue weighted by Gasteiger charge is 2.29. The Morgan fingerprint density at radius 2 is 1.96 bits per heavy atom. The number of benzene rings is 2. The first-order valence-corrected chi connectivity index (χ1v) is 8.02. The maximum Gasteiger partial charge on any atom is 0.341 e. The number of amides is 1. The molecule has 1 amide bonds. The van der Waals surface area contributed by atoms with Crippen molar-refractivity contribution in [1.29, 1.82) is 0 Å². The van der Waals surface area contributed by atoms with Gasteiger partial charge in [0.1, 0.15) is 11.5 Å². The van der Waals surface area contributed by atoms with Gasteiger partial charge < -0.3 is 19.9 Å². The second-order valence-corrected chi connectivity index (χ2v) is 5.90. The summed E-state index contributed by atoms with van der Waals surface area (Å²) in [4.78, 5) is 22.9. The molecule has 0 radical (unpaired) electrons. The first kappa shape index (κ1) is 16.8. The summed E-state index contributed by atoms with van der Waals surface area (Å²) in [6.45, 7) is 1.50. The van der Waals surface area contributed by atoms with Crippen molar-refractivity contribution in [3.05, 3.63) is 59.7 Å². The van der Waals surface area contributed by atoms with Crippen molar-refractivity contribution in [3.8, 4) is 11.5 Å². The van der Waals surface area contributed by atoms with Gasteiger partial charge in [-0.3, -0.25) is 4.79 Å². The van der Waals surface area contributed by atoms with Crippen LogP contribution in [0.15, 0.2) is 48.5 Å². The van der Waals surface area contributed by atoms with Crippen LogP contribution in [0, 0.1) is 0 Å². The molecule has 2 N–H and O–H groups in total. The Hall–Kier alpha value is -3.02. The molecule has 130 valence electrons. The molecule has 1 aliphatic rings. The van der Waals surface area contributed by atoms with Crippen molar-refractivity contribution >= 4 is 11.9 Å². The molecule has 6 heteroatoms. The van der Waals surface area contributed by atoms with Crippen molar-refractivity contribution in [1.82, 2.24) is 5.32 Å². The van der Waals surface area contributed by atoms with E-state index in [-0.39, 0.29) is 18.6 Å². The van der Waals surface area contributed by atoms with E-state index in [0.717, 1.165) is 16.9 Å². The summed E-state index contributed by atoms with van der Waals surface area (Å²) in [6, 6.07) is 14.4. The van der Waals surface area contributed by atoms with Crippen molar-refractivity contribution in [2.75, 3.05) is 6.61 Å². The van der Waals surface area contributed by atoms with Gasteiger partial charge in [0.2, 0.25) is 0 Å². The summed E-state index contributed by atoms with van der Waals surface area (Å²) in [5.74, 6) is 0.0478. The molecular weight excluding hydrogens is 322 g/mol. The molecule has 1 heterocycles. The second-order valence-electron chi connectivity index (χ2n) is 5.90. The van der Waals surface area contributed by atoms with Gasteiger partial charge in [-0.1, -0.05) is 30.3 Å². The van der Waals surface area contributed by atoms with Crippen LogP contribution >= 0.6 is 0 Å². The summed E-state index contributed by atoms with van der Waals surface area (Å²) >= 11 is 0. The molecule has 6 nitrogen and oxygen atoms in total. The van der Waals surface area contributed by atoms with E-state index < -0.39 is 12.1 Å². The quantitative estimate of drug-likeness (QED) is 0.842. The molecule has 1 aliphatic heterocycles. The van der Waals surface area contributed by atoms with E-state index >= 15 is 0 Å². The lowest BCUT2D eigenvalue weighted by Gasteiger charge is -2.18. The van der Waals surface area contributed by atoms with E-state index in [1.54, 1.807) is 24.3 Å². The third kappa shape index (κ3) is 4.09. The van der Waals surface area contributed by atoms with Gasteiger partial charge in [-0.25, -0.2) is 4.79 Å². The highest BCUT2D eigenvalue weighted by atomic mass is 16.5. The first-order valence-electron chi connectivity index (χ1n) is 8.02. The Bertz CT molecular complexity index is 747. The molecule has 0 aliphatic carbocycles. The number of nitrogens with one attached hydrogen (secondary N) is 1. The number of aliphatic carboxylic acids is 1. The highest BCUT2D eigenvalue weighted by molar-refractivity contribution is 5.82. The number of carbonyl (C=O) groups is 2. The summed E-state index contributed by atoms with van der Waals surface area (Å²) in [5.41, 5.74) is 1.93. The summed E-state index contributed by atoms with van der Waals surface area (Å²) in [6.07, 6.45) is 0.0504. The predicted molar refractivity (Wildman–Crippen MR) is 90.7 cm³/mol. The fraction of sp³-hybridized carbons (Fsp3) is 0.263. The van der Waals surface area contributed by atoms with Gasteiger partial charge in [0.25, 0.3) is 5.91 Å². The van der Waals surface area contributed by atoms with Crippen LogP contribution in [0.25, 0.3) is 0 Å². The van der Waals surface area contributed by atoms with Gasteiger partial charge in [-0.15, -0.1) is 0 Å². The number of fused-ring (bicyclic) bond motifs is 1. The van der Waals surface area contributed by atoms with Crippen molar-refractivity contribution < 1.29 is 24.2 Å². The lowest BCUT2D eigenvalue weighted by atomic mass is 10.1. The maximum absolute atomic E-state index is 12.4. The van der Waals surface area contributed by atoms with Crippen molar-refractivity contribution in [3.63, 3.8) is 0 Å². The van der Waals surface area contributed by atoms with Crippen LogP contribution in [-0.2, 0) is 16.0 Å². The third-order valence-corrected chi connectivity index (χ3v) is 4.04. The molecule has 0 unspecified atom stereocenters. The summed E-state index contributed by atoms with van der Waals surface area (Å²) in [5, 5.41) is 11.5. The van der Waals surface area contributed by atoms with Gasteiger partial charge in [0, 0.05) is 6.42 Å². The number of carbonyl (C=O) groups excluding carboxylic acids is 1. The molecule has 0 saturated heterocycles. The first-order chi connectivity index (χ1) is 12.0. The van der Waals surface area contributed by atoms with Crippen molar-refractivity contribution in [2.45, 2.75) is 25.5 Å². The van der Waals surface area contributed by atoms with E-state index in [0.29, 0.717) is 12.2 Å². The smallest absolute Gasteiger partial charge is 0.341 e. The molecule has 3 rings (SSSR count). The zero-order valence-electron chi connectivity index (χ0n) is 13.8. The fourth-order valence-electron chi connectivity index (χ4n) is 2.72. The molecule has 0 bridgehead atoms. The van der Waals surface area contributed by atoms with E-state index in [2.05, 4.69) is 5.32 Å². The number of ether oxygens (including phenoxy) is 2. The third-order valence-electron chi connectivity index (χ3n) is 4.04. The number of carboxylic acids is 1. The van der Waals surface area contributed by atoms with Crippen LogP contribution in [0.2, 0.25) is 0 Å². The molecule has 2 atom stereocenters. The number of hydrogen-bond donors (Lipinski definition) is 2. The van der Waals surface area contributed by atoms with Crippen LogP contribution in [0.4, 0.5) is 0 Å². The topological polar surface area (TPSA) is 84.9 Å². The number of rotatable bonds is 6.